The quantitative estimate of drug-likeness (QED) is 0.225. The van der Waals surface area contributed by atoms with Crippen LogP contribution in [0.2, 0.25) is 0 Å². The SMILES string of the molecule is CCCCCC(=O)Oc1ccc(-c2ccc(C3CCC(CCCC)CC3)cc2)cc1. The number of benzene rings is 2. The molecule has 1 saturated carbocycles. The van der Waals surface area contributed by atoms with Crippen LogP contribution >= 0.6 is 0 Å². The normalized spacial score (nSPS) is 18.9. The maximum Gasteiger partial charge on any atom is 0.311 e. The summed E-state index contributed by atoms with van der Waals surface area (Å²) in [7, 11) is 0. The first-order valence-electron chi connectivity index (χ1n) is 12.1. The third-order valence-electron chi connectivity index (χ3n) is 6.60. The van der Waals surface area contributed by atoms with Crippen LogP contribution in [-0.4, -0.2) is 5.97 Å². The van der Waals surface area contributed by atoms with E-state index in [-0.39, 0.29) is 5.97 Å². The molecular formula is C28H38O2. The van der Waals surface area contributed by atoms with E-state index in [1.807, 2.05) is 24.3 Å². The molecule has 0 saturated heterocycles. The molecule has 0 aromatic heterocycles. The van der Waals surface area contributed by atoms with Crippen LogP contribution < -0.4 is 4.74 Å². The second kappa shape index (κ2) is 11.9. The van der Waals surface area contributed by atoms with Crippen LogP contribution in [0.1, 0.15) is 96.0 Å². The van der Waals surface area contributed by atoms with E-state index in [9.17, 15) is 4.79 Å². The van der Waals surface area contributed by atoms with Gasteiger partial charge in [-0.2, -0.15) is 0 Å². The van der Waals surface area contributed by atoms with Crippen LogP contribution in [0.25, 0.3) is 11.1 Å². The van der Waals surface area contributed by atoms with Gasteiger partial charge in [-0.25, -0.2) is 0 Å². The summed E-state index contributed by atoms with van der Waals surface area (Å²) >= 11 is 0. The van der Waals surface area contributed by atoms with Crippen molar-refractivity contribution in [2.24, 2.45) is 5.92 Å². The monoisotopic (exact) mass is 406 g/mol. The molecule has 0 amide bonds. The molecule has 0 unspecified atom stereocenters. The molecule has 0 aliphatic heterocycles. The Balaban J connectivity index is 1.52. The van der Waals surface area contributed by atoms with Gasteiger partial charge in [0.2, 0.25) is 0 Å². The van der Waals surface area contributed by atoms with Crippen LogP contribution in [0.5, 0.6) is 5.75 Å². The largest absolute Gasteiger partial charge is 0.427 e. The Bertz CT molecular complexity index is 752. The fraction of sp³-hybridized carbons (Fsp3) is 0.536. The second-order valence-electron chi connectivity index (χ2n) is 8.94. The van der Waals surface area contributed by atoms with Crippen LogP contribution in [0, 0.1) is 5.92 Å². The van der Waals surface area contributed by atoms with Crippen molar-refractivity contribution in [1.29, 1.82) is 0 Å². The molecule has 2 aromatic rings. The van der Waals surface area contributed by atoms with Gasteiger partial charge in [0.15, 0.2) is 0 Å². The first-order valence-corrected chi connectivity index (χ1v) is 12.1. The van der Waals surface area contributed by atoms with Gasteiger partial charge >= 0.3 is 5.97 Å². The summed E-state index contributed by atoms with van der Waals surface area (Å²) in [6.07, 6.45) is 13.2. The van der Waals surface area contributed by atoms with Crippen molar-refractivity contribution < 1.29 is 9.53 Å². The first kappa shape index (κ1) is 22.6. The molecule has 1 aliphatic carbocycles. The zero-order valence-corrected chi connectivity index (χ0v) is 18.9. The van der Waals surface area contributed by atoms with E-state index >= 15 is 0 Å². The Morgan fingerprint density at radius 3 is 2.00 bits per heavy atom. The summed E-state index contributed by atoms with van der Waals surface area (Å²) in [4.78, 5) is 11.9. The highest BCUT2D eigenvalue weighted by Gasteiger charge is 2.21. The highest BCUT2D eigenvalue weighted by molar-refractivity contribution is 5.73. The Morgan fingerprint density at radius 2 is 1.40 bits per heavy atom. The minimum absolute atomic E-state index is 0.134. The first-order chi connectivity index (χ1) is 14.7. The molecule has 2 nitrogen and oxygen atoms in total. The predicted octanol–water partition coefficient (Wildman–Crippen LogP) is 8.30. The van der Waals surface area contributed by atoms with Gasteiger partial charge in [0.05, 0.1) is 0 Å². The maximum absolute atomic E-state index is 11.9. The van der Waals surface area contributed by atoms with Gasteiger partial charge in [0.1, 0.15) is 5.75 Å². The average molecular weight is 407 g/mol. The van der Waals surface area contributed by atoms with Crippen molar-refractivity contribution in [1.82, 2.24) is 0 Å². The van der Waals surface area contributed by atoms with Crippen LogP contribution in [0.15, 0.2) is 48.5 Å². The number of hydrogen-bond acceptors (Lipinski definition) is 2. The number of esters is 1. The van der Waals surface area contributed by atoms with E-state index < -0.39 is 0 Å². The van der Waals surface area contributed by atoms with E-state index in [2.05, 4.69) is 38.1 Å². The number of rotatable bonds is 10. The number of ether oxygens (including phenoxy) is 1. The zero-order valence-electron chi connectivity index (χ0n) is 18.9. The van der Waals surface area contributed by atoms with Crippen molar-refractivity contribution in [3.8, 4) is 16.9 Å². The number of hydrogen-bond donors (Lipinski definition) is 0. The molecular weight excluding hydrogens is 368 g/mol. The molecule has 162 valence electrons. The number of unbranched alkanes of at least 4 members (excludes halogenated alkanes) is 3. The second-order valence-corrected chi connectivity index (χ2v) is 8.94. The fourth-order valence-electron chi connectivity index (χ4n) is 4.64. The number of carbonyl (C=O) groups is 1. The number of carbonyl (C=O) groups excluding carboxylic acids is 1. The van der Waals surface area contributed by atoms with Crippen molar-refractivity contribution >= 4 is 5.97 Å². The van der Waals surface area contributed by atoms with Gasteiger partial charge in [-0.05, 0) is 72.8 Å². The third kappa shape index (κ3) is 6.72. The smallest absolute Gasteiger partial charge is 0.311 e. The molecule has 0 bridgehead atoms. The molecule has 2 heteroatoms. The molecule has 30 heavy (non-hydrogen) atoms. The van der Waals surface area contributed by atoms with Gasteiger partial charge in [-0.1, -0.05) is 82.3 Å². The minimum Gasteiger partial charge on any atom is -0.427 e. The third-order valence-corrected chi connectivity index (χ3v) is 6.60. The Kier molecular flexibility index (Phi) is 8.99. The van der Waals surface area contributed by atoms with Crippen molar-refractivity contribution in [3.63, 3.8) is 0 Å². The van der Waals surface area contributed by atoms with Gasteiger partial charge < -0.3 is 4.74 Å². The van der Waals surface area contributed by atoms with E-state index in [4.69, 9.17) is 4.74 Å². The summed E-state index contributed by atoms with van der Waals surface area (Å²) in [6, 6.07) is 17.0. The van der Waals surface area contributed by atoms with Gasteiger partial charge in [-0.15, -0.1) is 0 Å². The Hall–Kier alpha value is -2.09. The summed E-state index contributed by atoms with van der Waals surface area (Å²) < 4.78 is 5.44. The van der Waals surface area contributed by atoms with E-state index in [1.54, 1.807) is 0 Å². The van der Waals surface area contributed by atoms with E-state index in [1.165, 1.54) is 56.1 Å². The van der Waals surface area contributed by atoms with Gasteiger partial charge in [0, 0.05) is 6.42 Å². The Labute approximate surface area is 183 Å². The van der Waals surface area contributed by atoms with Crippen LogP contribution in [0.3, 0.4) is 0 Å². The zero-order chi connectivity index (χ0) is 21.2. The van der Waals surface area contributed by atoms with Crippen molar-refractivity contribution in [2.75, 3.05) is 0 Å². The Morgan fingerprint density at radius 1 is 0.800 bits per heavy atom. The average Bonchev–Trinajstić information content (AvgIpc) is 2.79. The van der Waals surface area contributed by atoms with Crippen molar-refractivity contribution in [3.05, 3.63) is 54.1 Å². The fourth-order valence-corrected chi connectivity index (χ4v) is 4.64. The summed E-state index contributed by atoms with van der Waals surface area (Å²) in [5.74, 6) is 2.19. The molecule has 0 radical (unpaired) electrons. The van der Waals surface area contributed by atoms with Crippen LogP contribution in [0.4, 0.5) is 0 Å². The molecule has 2 aromatic carbocycles. The standard InChI is InChI=1S/C28H38O2/c1-3-5-7-9-28(29)30-27-20-18-26(19-21-27)25-16-14-24(15-17-25)23-12-10-22(11-13-23)8-6-4-2/h14-23H,3-13H2,1-2H3. The lowest BCUT2D eigenvalue weighted by Crippen LogP contribution is -2.13. The van der Waals surface area contributed by atoms with Crippen molar-refractivity contribution in [2.45, 2.75) is 90.4 Å². The maximum atomic E-state index is 11.9. The molecule has 0 spiro atoms. The lowest BCUT2D eigenvalue weighted by Gasteiger charge is -2.29. The molecule has 0 N–H and O–H groups in total. The highest BCUT2D eigenvalue weighted by atomic mass is 16.5. The van der Waals surface area contributed by atoms with E-state index in [0.29, 0.717) is 12.2 Å². The topological polar surface area (TPSA) is 26.3 Å². The summed E-state index contributed by atoms with van der Waals surface area (Å²) in [5, 5.41) is 0. The lowest BCUT2D eigenvalue weighted by molar-refractivity contribution is -0.134. The van der Waals surface area contributed by atoms with Gasteiger partial charge in [-0.3, -0.25) is 4.79 Å². The van der Waals surface area contributed by atoms with E-state index in [0.717, 1.165) is 36.7 Å². The summed E-state index contributed by atoms with van der Waals surface area (Å²) in [5.41, 5.74) is 3.87. The van der Waals surface area contributed by atoms with Gasteiger partial charge in [0.25, 0.3) is 0 Å². The predicted molar refractivity (Wildman–Crippen MR) is 126 cm³/mol. The van der Waals surface area contributed by atoms with Crippen LogP contribution in [-0.2, 0) is 4.79 Å². The molecule has 0 heterocycles. The minimum atomic E-state index is -0.134. The molecule has 3 rings (SSSR count). The highest BCUT2D eigenvalue weighted by Crippen LogP contribution is 2.38. The lowest BCUT2D eigenvalue weighted by atomic mass is 9.77. The molecule has 1 fully saturated rings. The summed E-state index contributed by atoms with van der Waals surface area (Å²) in [6.45, 7) is 4.43. The molecule has 1 aliphatic rings. The molecule has 0 atom stereocenters.